The van der Waals surface area contributed by atoms with Gasteiger partial charge in [-0.25, -0.2) is 0 Å². The van der Waals surface area contributed by atoms with Crippen LogP contribution in [0.4, 0.5) is 0 Å². The molecule has 0 saturated carbocycles. The number of hydrogen-bond acceptors (Lipinski definition) is 4. The second-order valence-electron chi connectivity index (χ2n) is 5.22. The van der Waals surface area contributed by atoms with Gasteiger partial charge in [-0.3, -0.25) is 0 Å². The summed E-state index contributed by atoms with van der Waals surface area (Å²) in [4.78, 5) is 3.75. The predicted molar refractivity (Wildman–Crippen MR) is 116 cm³/mol. The Bertz CT molecular complexity index is 581. The molecule has 0 spiro atoms. The van der Waals surface area contributed by atoms with Crippen molar-refractivity contribution in [2.45, 2.75) is 13.1 Å². The normalized spacial score (nSPS) is 9.04. The molecule has 0 saturated heterocycles. The molecular formula is C18H20N2S4Zn. The Morgan fingerprint density at radius 3 is 1.24 bits per heavy atom. The summed E-state index contributed by atoms with van der Waals surface area (Å²) < 4.78 is 1.03. The van der Waals surface area contributed by atoms with E-state index < -0.39 is 0 Å². The first kappa shape index (κ1) is 24.3. The molecule has 7 heteroatoms. The van der Waals surface area contributed by atoms with Gasteiger partial charge in [0.2, 0.25) is 0 Å². The van der Waals surface area contributed by atoms with Gasteiger partial charge in [0.05, 0.1) is 0 Å². The van der Waals surface area contributed by atoms with Gasteiger partial charge in [0.25, 0.3) is 0 Å². The minimum atomic E-state index is 0. The van der Waals surface area contributed by atoms with Crippen LogP contribution in [0.25, 0.3) is 0 Å². The van der Waals surface area contributed by atoms with Gasteiger partial charge in [0.1, 0.15) is 0 Å². The van der Waals surface area contributed by atoms with Crippen LogP contribution in [0.15, 0.2) is 60.7 Å². The van der Waals surface area contributed by atoms with Crippen molar-refractivity contribution >= 4 is 58.3 Å². The molecule has 0 unspecified atom stereocenters. The Balaban J connectivity index is 0.000000443. The van der Waals surface area contributed by atoms with E-state index in [-0.39, 0.29) is 19.5 Å². The fourth-order valence-electron chi connectivity index (χ4n) is 1.84. The van der Waals surface area contributed by atoms with Crippen LogP contribution in [-0.4, -0.2) is 32.5 Å². The van der Waals surface area contributed by atoms with Gasteiger partial charge in [0.15, 0.2) is 0 Å². The third-order valence-corrected chi connectivity index (χ3v) is 4.40. The molecule has 0 atom stereocenters. The third-order valence-electron chi connectivity index (χ3n) is 3.15. The molecule has 2 aromatic carbocycles. The fourth-order valence-corrected chi connectivity index (χ4v) is 2.10. The smallest absolute Gasteiger partial charge is 0.411 e. The summed E-state index contributed by atoms with van der Waals surface area (Å²) >= 11 is 19.4. The molecule has 0 radical (unpaired) electrons. The van der Waals surface area contributed by atoms with Gasteiger partial charge in [-0.05, 0) is 11.1 Å². The van der Waals surface area contributed by atoms with E-state index in [0.29, 0.717) is 8.64 Å². The van der Waals surface area contributed by atoms with E-state index in [1.165, 1.54) is 11.1 Å². The van der Waals surface area contributed by atoms with Crippen molar-refractivity contribution < 1.29 is 19.5 Å². The average Bonchev–Trinajstić information content (AvgIpc) is 2.57. The molecule has 128 valence electrons. The van der Waals surface area contributed by atoms with Crippen molar-refractivity contribution in [2.24, 2.45) is 0 Å². The monoisotopic (exact) mass is 456 g/mol. The van der Waals surface area contributed by atoms with Crippen molar-refractivity contribution in [3.63, 3.8) is 0 Å². The summed E-state index contributed by atoms with van der Waals surface area (Å²) in [5, 5.41) is 0. The zero-order chi connectivity index (χ0) is 17.9. The topological polar surface area (TPSA) is 6.48 Å². The Morgan fingerprint density at radius 1 is 0.720 bits per heavy atom. The first-order chi connectivity index (χ1) is 11.4. The standard InChI is InChI=1S/2C9H11NS2.Zn/c2*1-10(9(11)12)7-8-5-3-2-4-6-8;/h2*2-6H,7H2,1H3,(H,11,12);/q;;+2/p-2. The van der Waals surface area contributed by atoms with Crippen molar-refractivity contribution in [3.05, 3.63) is 71.8 Å². The Morgan fingerprint density at radius 2 is 1.00 bits per heavy atom. The molecule has 0 aliphatic rings. The van der Waals surface area contributed by atoms with Crippen LogP contribution >= 0.6 is 24.4 Å². The van der Waals surface area contributed by atoms with E-state index in [1.807, 2.05) is 60.3 Å². The second-order valence-corrected chi connectivity index (χ2v) is 7.28. The summed E-state index contributed by atoms with van der Waals surface area (Å²) in [6, 6.07) is 20.3. The number of benzene rings is 2. The zero-order valence-electron chi connectivity index (χ0n) is 14.4. The fraction of sp³-hybridized carbons (Fsp3) is 0.222. The maximum absolute atomic E-state index is 4.86. The van der Waals surface area contributed by atoms with Crippen molar-refractivity contribution in [2.75, 3.05) is 14.1 Å². The Labute approximate surface area is 185 Å². The van der Waals surface area contributed by atoms with E-state index in [4.69, 9.17) is 49.7 Å². The Hall–Kier alpha value is -0.717. The predicted octanol–water partition coefficient (Wildman–Crippen LogP) is 3.90. The van der Waals surface area contributed by atoms with E-state index in [9.17, 15) is 0 Å². The number of thiocarbonyl (C=S) groups is 2. The molecule has 2 aromatic rings. The summed E-state index contributed by atoms with van der Waals surface area (Å²) in [5.74, 6) is 0. The quantitative estimate of drug-likeness (QED) is 0.387. The summed E-state index contributed by atoms with van der Waals surface area (Å²) in [6.07, 6.45) is 0. The van der Waals surface area contributed by atoms with Gasteiger partial charge < -0.3 is 59.5 Å². The van der Waals surface area contributed by atoms with Gasteiger partial charge in [-0.2, -0.15) is 0 Å². The molecule has 2 nitrogen and oxygen atoms in total. The maximum Gasteiger partial charge on any atom is 2.00 e. The van der Waals surface area contributed by atoms with Crippen LogP contribution in [0.2, 0.25) is 0 Å². The van der Waals surface area contributed by atoms with Crippen LogP contribution in [-0.2, 0) is 57.8 Å². The largest absolute Gasteiger partial charge is 2.00 e. The van der Waals surface area contributed by atoms with Crippen molar-refractivity contribution in [3.8, 4) is 0 Å². The van der Waals surface area contributed by atoms with Gasteiger partial charge in [0, 0.05) is 27.2 Å². The van der Waals surface area contributed by atoms with Crippen LogP contribution in [0, 0.1) is 0 Å². The van der Waals surface area contributed by atoms with Crippen LogP contribution < -0.4 is 0 Å². The molecule has 0 amide bonds. The van der Waals surface area contributed by atoms with Crippen LogP contribution in [0.5, 0.6) is 0 Å². The van der Waals surface area contributed by atoms with Gasteiger partial charge >= 0.3 is 19.5 Å². The molecule has 0 aromatic heterocycles. The molecule has 0 heterocycles. The summed E-state index contributed by atoms with van der Waals surface area (Å²) in [7, 11) is 3.81. The minimum absolute atomic E-state index is 0. The first-order valence-corrected chi connectivity index (χ1v) is 8.95. The molecule has 0 aliphatic heterocycles. The first-order valence-electron chi connectivity index (χ1n) is 7.32. The number of hydrogen-bond donors (Lipinski definition) is 0. The SMILES string of the molecule is CN(Cc1ccccc1)C(=S)[S-].CN(Cc1ccccc1)C(=S)[S-].[Zn+2]. The maximum atomic E-state index is 4.86. The van der Waals surface area contributed by atoms with Gasteiger partial charge in [-0.1, -0.05) is 69.3 Å². The summed E-state index contributed by atoms with van der Waals surface area (Å²) in [5.41, 5.74) is 2.46. The van der Waals surface area contributed by atoms with Crippen LogP contribution in [0.1, 0.15) is 11.1 Å². The van der Waals surface area contributed by atoms with Crippen molar-refractivity contribution in [1.29, 1.82) is 0 Å². The van der Waals surface area contributed by atoms with E-state index in [0.717, 1.165) is 13.1 Å². The van der Waals surface area contributed by atoms with E-state index in [2.05, 4.69) is 24.3 Å². The van der Waals surface area contributed by atoms with Crippen molar-refractivity contribution in [1.82, 2.24) is 9.80 Å². The number of nitrogens with zero attached hydrogens (tertiary/aromatic N) is 2. The number of rotatable bonds is 4. The van der Waals surface area contributed by atoms with E-state index in [1.54, 1.807) is 0 Å². The Kier molecular flexibility index (Phi) is 13.1. The third kappa shape index (κ3) is 10.8. The molecule has 0 aliphatic carbocycles. The summed E-state index contributed by atoms with van der Waals surface area (Å²) in [6.45, 7) is 1.59. The van der Waals surface area contributed by atoms with Gasteiger partial charge in [-0.15, -0.1) is 0 Å². The molecular weight excluding hydrogens is 438 g/mol. The molecule has 25 heavy (non-hydrogen) atoms. The minimum Gasteiger partial charge on any atom is -0.411 e. The molecule has 0 N–H and O–H groups in total. The van der Waals surface area contributed by atoms with Crippen LogP contribution in [0.3, 0.4) is 0 Å². The van der Waals surface area contributed by atoms with E-state index >= 15 is 0 Å². The molecule has 0 fully saturated rings. The zero-order valence-corrected chi connectivity index (χ0v) is 20.7. The second kappa shape index (κ2) is 13.5. The molecule has 0 bridgehead atoms. The molecule has 2 rings (SSSR count). The average molecular weight is 458 g/mol.